The Morgan fingerprint density at radius 3 is 1.58 bits per heavy atom. The maximum atomic E-state index is 6.74. The topological polar surface area (TPSA) is 47.9 Å². The fourth-order valence-corrected chi connectivity index (χ4v) is 9.74. The zero-order valence-corrected chi connectivity index (χ0v) is 32.5. The van der Waals surface area contributed by atoms with Crippen LogP contribution in [0.1, 0.15) is 22.3 Å². The van der Waals surface area contributed by atoms with Gasteiger partial charge in [-0.15, -0.1) is 0 Å². The summed E-state index contributed by atoms with van der Waals surface area (Å²) >= 11 is 0. The number of nitrogens with zero attached hydrogens (tertiary/aromatic N) is 3. The second kappa shape index (κ2) is 13.6. The van der Waals surface area contributed by atoms with Gasteiger partial charge in [0.1, 0.15) is 11.5 Å². The first kappa shape index (κ1) is 34.1. The molecule has 4 nitrogen and oxygen atoms in total. The van der Waals surface area contributed by atoms with Crippen LogP contribution in [0.3, 0.4) is 0 Å². The van der Waals surface area contributed by atoms with E-state index in [2.05, 4.69) is 176 Å². The summed E-state index contributed by atoms with van der Waals surface area (Å²) in [5.74, 6) is 2.38. The number of fused-ring (bicyclic) bond motifs is 10. The lowest BCUT2D eigenvalue weighted by molar-refractivity contribution is 0.436. The zero-order chi connectivity index (χ0) is 39.6. The molecule has 12 rings (SSSR count). The van der Waals surface area contributed by atoms with Crippen molar-refractivity contribution >= 4 is 10.9 Å². The van der Waals surface area contributed by atoms with E-state index < -0.39 is 5.41 Å². The van der Waals surface area contributed by atoms with Crippen LogP contribution >= 0.6 is 0 Å². The van der Waals surface area contributed by atoms with Crippen LogP contribution in [0.25, 0.3) is 78.2 Å². The Bertz CT molecular complexity index is 3190. The van der Waals surface area contributed by atoms with Crippen LogP contribution in [0.2, 0.25) is 0 Å². The molecule has 3 heterocycles. The Kier molecular flexibility index (Phi) is 7.72. The average Bonchev–Trinajstić information content (AvgIpc) is 3.63. The van der Waals surface area contributed by atoms with Crippen LogP contribution < -0.4 is 4.74 Å². The van der Waals surface area contributed by atoms with E-state index in [4.69, 9.17) is 19.7 Å². The third kappa shape index (κ3) is 5.07. The SMILES string of the molecule is c1ccc(-c2cc(-c3cccc4c3-c3c(-c5ccc(-c6ccccc6)c6cccnc56)cccc3C43c4ccccc4Oc4ccccc43)nc(-c3ccccc3)n2)cc1. The first-order valence-corrected chi connectivity index (χ1v) is 20.4. The molecule has 0 saturated heterocycles. The van der Waals surface area contributed by atoms with Crippen molar-refractivity contribution in [2.24, 2.45) is 0 Å². The van der Waals surface area contributed by atoms with Gasteiger partial charge in [0.2, 0.25) is 0 Å². The van der Waals surface area contributed by atoms with Crippen LogP contribution in [0, 0.1) is 0 Å². The first-order chi connectivity index (χ1) is 29.8. The number of hydrogen-bond donors (Lipinski definition) is 0. The van der Waals surface area contributed by atoms with E-state index in [1.807, 2.05) is 36.5 Å². The van der Waals surface area contributed by atoms with E-state index in [-0.39, 0.29) is 0 Å². The van der Waals surface area contributed by atoms with Gasteiger partial charge in [0, 0.05) is 45.0 Å². The van der Waals surface area contributed by atoms with Crippen LogP contribution in [0.4, 0.5) is 0 Å². The van der Waals surface area contributed by atoms with Crippen molar-refractivity contribution in [2.75, 3.05) is 0 Å². The molecule has 10 aromatic rings. The van der Waals surface area contributed by atoms with E-state index in [9.17, 15) is 0 Å². The van der Waals surface area contributed by atoms with Crippen molar-refractivity contribution in [1.29, 1.82) is 0 Å². The molecule has 8 aromatic carbocycles. The van der Waals surface area contributed by atoms with Crippen LogP contribution in [-0.2, 0) is 5.41 Å². The number of pyridine rings is 1. The van der Waals surface area contributed by atoms with E-state index in [0.29, 0.717) is 5.82 Å². The van der Waals surface area contributed by atoms with Gasteiger partial charge in [-0.25, -0.2) is 9.97 Å². The molecule has 1 aliphatic carbocycles. The number of ether oxygens (including phenoxy) is 1. The molecule has 0 bridgehead atoms. The summed E-state index contributed by atoms with van der Waals surface area (Å²) in [5.41, 5.74) is 16.4. The summed E-state index contributed by atoms with van der Waals surface area (Å²) in [4.78, 5) is 15.7. The zero-order valence-electron chi connectivity index (χ0n) is 32.5. The van der Waals surface area contributed by atoms with Crippen LogP contribution in [0.5, 0.6) is 11.5 Å². The standard InChI is InChI=1S/C56H35N3O/c1-4-17-36(18-5-1)39-32-33-42(54-41(39)25-16-34-57-54)40-23-14-28-46-52(40)53-43(49-35-48(37-19-6-2-7-20-37)58-55(59-49)38-21-8-3-9-22-38)24-15-29-47(53)56(46)44-26-10-12-30-50(44)60-51-31-13-11-27-45(51)56/h1-35H. The van der Waals surface area contributed by atoms with Crippen molar-refractivity contribution in [1.82, 2.24) is 15.0 Å². The third-order valence-electron chi connectivity index (χ3n) is 12.2. The maximum absolute atomic E-state index is 6.74. The lowest BCUT2D eigenvalue weighted by atomic mass is 9.66. The van der Waals surface area contributed by atoms with Gasteiger partial charge in [0.15, 0.2) is 5.82 Å². The minimum atomic E-state index is -0.688. The smallest absolute Gasteiger partial charge is 0.160 e. The summed E-state index contributed by atoms with van der Waals surface area (Å²) in [6.45, 7) is 0. The number of hydrogen-bond acceptors (Lipinski definition) is 4. The average molecular weight is 766 g/mol. The molecule has 0 radical (unpaired) electrons. The Morgan fingerprint density at radius 2 is 0.900 bits per heavy atom. The quantitative estimate of drug-likeness (QED) is 0.175. The highest BCUT2D eigenvalue weighted by Crippen LogP contribution is 2.65. The molecule has 1 spiro atoms. The summed E-state index contributed by atoms with van der Waals surface area (Å²) < 4.78 is 6.74. The van der Waals surface area contributed by atoms with Crippen molar-refractivity contribution in [3.63, 3.8) is 0 Å². The number of benzene rings is 8. The highest BCUT2D eigenvalue weighted by atomic mass is 16.5. The van der Waals surface area contributed by atoms with Crippen LogP contribution in [-0.4, -0.2) is 15.0 Å². The second-order valence-corrected chi connectivity index (χ2v) is 15.4. The van der Waals surface area contributed by atoms with Gasteiger partial charge >= 0.3 is 0 Å². The highest BCUT2D eigenvalue weighted by Gasteiger charge is 2.52. The van der Waals surface area contributed by atoms with Crippen molar-refractivity contribution in [3.8, 4) is 78.8 Å². The molecular weight excluding hydrogens is 731 g/mol. The normalized spacial score (nSPS) is 12.9. The number of para-hydroxylation sites is 2. The van der Waals surface area contributed by atoms with Gasteiger partial charge in [-0.2, -0.15) is 0 Å². The summed E-state index contributed by atoms with van der Waals surface area (Å²) in [6.07, 6.45) is 1.91. The fraction of sp³-hybridized carbons (Fsp3) is 0.0179. The van der Waals surface area contributed by atoms with Crippen LogP contribution in [0.15, 0.2) is 212 Å². The summed E-state index contributed by atoms with van der Waals surface area (Å²) in [7, 11) is 0. The molecule has 0 amide bonds. The highest BCUT2D eigenvalue weighted by molar-refractivity contribution is 6.09. The van der Waals surface area contributed by atoms with Crippen molar-refractivity contribution in [3.05, 3.63) is 235 Å². The number of rotatable bonds is 5. The minimum absolute atomic E-state index is 0.680. The maximum Gasteiger partial charge on any atom is 0.160 e. The Labute approximate surface area is 348 Å². The van der Waals surface area contributed by atoms with E-state index in [0.717, 1.165) is 95.0 Å². The van der Waals surface area contributed by atoms with Gasteiger partial charge in [-0.05, 0) is 63.2 Å². The molecule has 0 saturated carbocycles. The van der Waals surface area contributed by atoms with E-state index in [1.54, 1.807) is 0 Å². The molecular formula is C56H35N3O. The molecule has 0 unspecified atom stereocenters. The van der Waals surface area contributed by atoms with Crippen molar-refractivity contribution < 1.29 is 4.74 Å². The minimum Gasteiger partial charge on any atom is -0.457 e. The lowest BCUT2D eigenvalue weighted by Gasteiger charge is -2.39. The molecule has 0 N–H and O–H groups in total. The molecule has 60 heavy (non-hydrogen) atoms. The molecule has 1 aliphatic heterocycles. The predicted octanol–water partition coefficient (Wildman–Crippen LogP) is 13.8. The van der Waals surface area contributed by atoms with Crippen molar-refractivity contribution in [2.45, 2.75) is 5.41 Å². The van der Waals surface area contributed by atoms with Gasteiger partial charge in [0.25, 0.3) is 0 Å². The Hall–Kier alpha value is -7.95. The van der Waals surface area contributed by atoms with Gasteiger partial charge < -0.3 is 4.74 Å². The lowest BCUT2D eigenvalue weighted by Crippen LogP contribution is -2.32. The number of aromatic nitrogens is 3. The molecule has 0 fully saturated rings. The predicted molar refractivity (Wildman–Crippen MR) is 242 cm³/mol. The molecule has 4 heteroatoms. The summed E-state index contributed by atoms with van der Waals surface area (Å²) in [5, 5.41) is 1.11. The van der Waals surface area contributed by atoms with E-state index >= 15 is 0 Å². The molecule has 2 aliphatic rings. The fourth-order valence-electron chi connectivity index (χ4n) is 9.74. The Balaban J connectivity index is 1.21. The Morgan fingerprint density at radius 1 is 0.367 bits per heavy atom. The third-order valence-corrected chi connectivity index (χ3v) is 12.2. The monoisotopic (exact) mass is 765 g/mol. The van der Waals surface area contributed by atoms with Gasteiger partial charge in [-0.1, -0.05) is 182 Å². The van der Waals surface area contributed by atoms with Gasteiger partial charge in [-0.3, -0.25) is 4.98 Å². The molecule has 2 aromatic heterocycles. The second-order valence-electron chi connectivity index (χ2n) is 15.4. The molecule has 0 atom stereocenters. The largest absolute Gasteiger partial charge is 0.457 e. The summed E-state index contributed by atoms with van der Waals surface area (Å²) in [6, 6.07) is 72.8. The van der Waals surface area contributed by atoms with E-state index in [1.165, 1.54) is 11.1 Å². The first-order valence-electron chi connectivity index (χ1n) is 20.4. The molecule has 280 valence electrons. The van der Waals surface area contributed by atoms with Gasteiger partial charge in [0.05, 0.1) is 22.3 Å².